The molecule has 3 aromatic carbocycles. The average Bonchev–Trinajstić information content (AvgIpc) is 2.97. The molecule has 212 valence electrons. The van der Waals surface area contributed by atoms with Crippen molar-refractivity contribution >= 4 is 34.7 Å². The Bertz CT molecular complexity index is 1580. The summed E-state index contributed by atoms with van der Waals surface area (Å²) in [7, 11) is 4.44. The van der Waals surface area contributed by atoms with Crippen LogP contribution in [0.4, 0.5) is 33.2 Å². The summed E-state index contributed by atoms with van der Waals surface area (Å²) in [5, 5.41) is 16.1. The van der Waals surface area contributed by atoms with Gasteiger partial charge in [-0.15, -0.1) is 0 Å². The highest BCUT2D eigenvalue weighted by atomic mass is 19.1. The number of phenolic OH excluding ortho intramolecular Hbond substituents is 1. The van der Waals surface area contributed by atoms with Gasteiger partial charge in [-0.2, -0.15) is 4.98 Å². The summed E-state index contributed by atoms with van der Waals surface area (Å²) in [5.74, 6) is 0.593. The number of carbonyl (C=O) groups is 1. The Kier molecular flexibility index (Phi) is 7.64. The Labute approximate surface area is 235 Å². The molecule has 1 aliphatic rings. The van der Waals surface area contributed by atoms with E-state index in [1.165, 1.54) is 20.3 Å². The van der Waals surface area contributed by atoms with Gasteiger partial charge in [0.05, 0.1) is 39.8 Å². The van der Waals surface area contributed by atoms with E-state index in [0.29, 0.717) is 35.1 Å². The zero-order valence-corrected chi connectivity index (χ0v) is 22.8. The number of aromatic hydroxyl groups is 1. The Morgan fingerprint density at radius 2 is 1.78 bits per heavy atom. The van der Waals surface area contributed by atoms with Crippen molar-refractivity contribution < 1.29 is 33.2 Å². The van der Waals surface area contributed by atoms with Gasteiger partial charge in [-0.1, -0.05) is 12.1 Å². The van der Waals surface area contributed by atoms with Gasteiger partial charge in [0.1, 0.15) is 11.5 Å². The summed E-state index contributed by atoms with van der Waals surface area (Å²) in [6.07, 6.45) is 0.351. The van der Waals surface area contributed by atoms with Crippen LogP contribution in [0.15, 0.2) is 60.8 Å². The number of ether oxygens (including phenoxy) is 4. The molecule has 3 N–H and O–H groups in total. The Hall–Kier alpha value is -5.26. The van der Waals surface area contributed by atoms with Crippen molar-refractivity contribution in [3.8, 4) is 28.7 Å². The van der Waals surface area contributed by atoms with E-state index in [0.717, 1.165) is 11.8 Å². The lowest BCUT2D eigenvalue weighted by molar-refractivity contribution is -0.125. The number of amides is 1. The number of hydrogen-bond acceptors (Lipinski definition) is 10. The average molecular weight is 562 g/mol. The maximum Gasteiger partial charge on any atom is 0.268 e. The molecule has 12 heteroatoms. The molecular formula is C29H28FN5O6. The zero-order valence-electron chi connectivity index (χ0n) is 22.8. The molecule has 1 atom stereocenters. The molecule has 41 heavy (non-hydrogen) atoms. The van der Waals surface area contributed by atoms with Gasteiger partial charge in [0.2, 0.25) is 11.7 Å². The molecule has 0 saturated heterocycles. The van der Waals surface area contributed by atoms with Crippen LogP contribution in [0, 0.1) is 5.82 Å². The van der Waals surface area contributed by atoms with Crippen LogP contribution in [0.2, 0.25) is 0 Å². The molecule has 0 unspecified atom stereocenters. The Morgan fingerprint density at radius 3 is 2.49 bits per heavy atom. The van der Waals surface area contributed by atoms with Crippen molar-refractivity contribution in [1.29, 1.82) is 0 Å². The largest absolute Gasteiger partial charge is 0.504 e. The van der Waals surface area contributed by atoms with Gasteiger partial charge >= 0.3 is 0 Å². The number of fused-ring (bicyclic) bond motifs is 1. The Morgan fingerprint density at radius 1 is 1.00 bits per heavy atom. The van der Waals surface area contributed by atoms with Crippen molar-refractivity contribution in [2.45, 2.75) is 19.6 Å². The molecule has 5 rings (SSSR count). The zero-order chi connectivity index (χ0) is 29.1. The van der Waals surface area contributed by atoms with E-state index in [1.807, 2.05) is 24.3 Å². The van der Waals surface area contributed by atoms with Crippen LogP contribution < -0.4 is 34.5 Å². The van der Waals surface area contributed by atoms with E-state index in [9.17, 15) is 14.3 Å². The Balaban J connectivity index is 1.40. The first-order valence-corrected chi connectivity index (χ1v) is 12.6. The second kappa shape index (κ2) is 11.5. The second-order valence-electron chi connectivity index (χ2n) is 9.09. The van der Waals surface area contributed by atoms with Crippen molar-refractivity contribution in [3.63, 3.8) is 0 Å². The van der Waals surface area contributed by atoms with Crippen LogP contribution in [0.5, 0.6) is 28.7 Å². The molecule has 1 aliphatic heterocycles. The van der Waals surface area contributed by atoms with Gasteiger partial charge in [-0.3, -0.25) is 4.79 Å². The fourth-order valence-corrected chi connectivity index (χ4v) is 4.36. The summed E-state index contributed by atoms with van der Waals surface area (Å²) in [6, 6.07) is 15.5. The number of halogens is 1. The molecule has 4 aromatic rings. The number of aromatic nitrogens is 2. The molecule has 1 aromatic heterocycles. The molecule has 0 saturated carbocycles. The number of rotatable bonds is 9. The molecule has 11 nitrogen and oxygen atoms in total. The molecule has 0 bridgehead atoms. The SMILES string of the molecule is COc1ccc(CN2C(=O)[C@@H](C)Oc3ccc(Nc4nc(Nc5cc(O)c(OC)c(OC)c5)ncc4F)cc32)cc1. The van der Waals surface area contributed by atoms with Gasteiger partial charge in [0, 0.05) is 23.5 Å². The first-order chi connectivity index (χ1) is 19.8. The van der Waals surface area contributed by atoms with Crippen LogP contribution in [0.25, 0.3) is 0 Å². The van der Waals surface area contributed by atoms with E-state index in [1.54, 1.807) is 43.2 Å². The topological polar surface area (TPSA) is 127 Å². The molecule has 0 spiro atoms. The van der Waals surface area contributed by atoms with E-state index in [4.69, 9.17) is 18.9 Å². The molecular weight excluding hydrogens is 533 g/mol. The third kappa shape index (κ3) is 5.71. The second-order valence-corrected chi connectivity index (χ2v) is 9.09. The number of hydrogen-bond donors (Lipinski definition) is 3. The van der Waals surface area contributed by atoms with E-state index >= 15 is 0 Å². The number of phenols is 1. The minimum Gasteiger partial charge on any atom is -0.504 e. The highest BCUT2D eigenvalue weighted by Gasteiger charge is 2.32. The number of nitrogens with zero attached hydrogens (tertiary/aromatic N) is 3. The van der Waals surface area contributed by atoms with E-state index in [-0.39, 0.29) is 34.9 Å². The van der Waals surface area contributed by atoms with Crippen molar-refractivity contribution in [2.24, 2.45) is 0 Å². The van der Waals surface area contributed by atoms with Gasteiger partial charge in [0.15, 0.2) is 29.2 Å². The first kappa shape index (κ1) is 27.3. The van der Waals surface area contributed by atoms with Crippen molar-refractivity contribution in [3.05, 3.63) is 72.2 Å². The third-order valence-electron chi connectivity index (χ3n) is 6.39. The number of nitrogens with one attached hydrogen (secondary N) is 2. The quantitative estimate of drug-likeness (QED) is 0.253. The number of anilines is 5. The van der Waals surface area contributed by atoms with Crippen LogP contribution >= 0.6 is 0 Å². The molecule has 0 aliphatic carbocycles. The van der Waals surface area contributed by atoms with Gasteiger partial charge in [-0.25, -0.2) is 9.37 Å². The smallest absolute Gasteiger partial charge is 0.268 e. The lowest BCUT2D eigenvalue weighted by atomic mass is 10.1. The standard InChI is InChI=1S/C29H28FN5O6/c1-16-28(37)35(15-17-5-8-20(38-2)9-6-17)22-11-18(7-10-24(22)41-16)32-27-21(30)14-31-29(34-27)33-19-12-23(36)26(40-4)25(13-19)39-3/h5-14,16,36H,15H2,1-4H3,(H2,31,32,33,34)/t16-/m1/s1. The molecule has 0 radical (unpaired) electrons. The molecule has 1 amide bonds. The minimum atomic E-state index is -0.695. The van der Waals surface area contributed by atoms with Gasteiger partial charge in [0.25, 0.3) is 5.91 Å². The van der Waals surface area contributed by atoms with Gasteiger partial charge < -0.3 is 39.6 Å². The van der Waals surface area contributed by atoms with Crippen LogP contribution in [-0.2, 0) is 11.3 Å². The van der Waals surface area contributed by atoms with E-state index in [2.05, 4.69) is 20.6 Å². The lowest BCUT2D eigenvalue weighted by Gasteiger charge is -2.33. The van der Waals surface area contributed by atoms with Crippen LogP contribution in [-0.4, -0.2) is 48.4 Å². The lowest BCUT2D eigenvalue weighted by Crippen LogP contribution is -2.44. The summed E-state index contributed by atoms with van der Waals surface area (Å²) in [6.45, 7) is 2.00. The fraction of sp³-hybridized carbons (Fsp3) is 0.207. The van der Waals surface area contributed by atoms with Crippen molar-refractivity contribution in [2.75, 3.05) is 36.9 Å². The summed E-state index contributed by atoms with van der Waals surface area (Å²) < 4.78 is 36.2. The summed E-state index contributed by atoms with van der Waals surface area (Å²) in [5.41, 5.74) is 2.30. The number of methoxy groups -OCH3 is 3. The monoisotopic (exact) mass is 561 g/mol. The summed E-state index contributed by atoms with van der Waals surface area (Å²) >= 11 is 0. The van der Waals surface area contributed by atoms with Crippen molar-refractivity contribution in [1.82, 2.24) is 9.97 Å². The molecule has 2 heterocycles. The molecule has 0 fully saturated rings. The van der Waals surface area contributed by atoms with Crippen LogP contribution in [0.3, 0.4) is 0 Å². The fourth-order valence-electron chi connectivity index (χ4n) is 4.36. The summed E-state index contributed by atoms with van der Waals surface area (Å²) in [4.78, 5) is 23.0. The first-order valence-electron chi connectivity index (χ1n) is 12.6. The normalized spacial score (nSPS) is 14.1. The predicted octanol–water partition coefficient (Wildman–Crippen LogP) is 5.15. The maximum atomic E-state index is 14.8. The van der Waals surface area contributed by atoms with Gasteiger partial charge in [-0.05, 0) is 42.8 Å². The minimum absolute atomic E-state index is 0.0620. The predicted molar refractivity (Wildman–Crippen MR) is 150 cm³/mol. The number of benzene rings is 3. The maximum absolute atomic E-state index is 14.8. The highest BCUT2D eigenvalue weighted by Crippen LogP contribution is 2.40. The third-order valence-corrected chi connectivity index (χ3v) is 6.39. The highest BCUT2D eigenvalue weighted by molar-refractivity contribution is 6.00. The van der Waals surface area contributed by atoms with E-state index < -0.39 is 11.9 Å². The number of carbonyl (C=O) groups excluding carboxylic acids is 1. The van der Waals surface area contributed by atoms with Crippen LogP contribution in [0.1, 0.15) is 12.5 Å².